The Morgan fingerprint density at radius 2 is 0.481 bits per heavy atom. The molecule has 1 radical (unpaired) electrons. The molecule has 77 heavy (non-hydrogen) atoms. The van der Waals surface area contributed by atoms with Gasteiger partial charge in [0.2, 0.25) is 1.43 Å². The summed E-state index contributed by atoms with van der Waals surface area (Å²) in [7, 11) is 28.1. The van der Waals surface area contributed by atoms with Crippen LogP contribution in [0.1, 0.15) is 52.0 Å². The van der Waals surface area contributed by atoms with Gasteiger partial charge in [-0.05, 0) is 149 Å². The number of rotatable bonds is 7. The van der Waals surface area contributed by atoms with Crippen LogP contribution in [-0.4, -0.2) is 13.6 Å². The van der Waals surface area contributed by atoms with E-state index in [0.717, 1.165) is 7.96 Å². The summed E-state index contributed by atoms with van der Waals surface area (Å²) >= 11 is 1.88. The van der Waals surface area contributed by atoms with E-state index in [1.807, 2.05) is 22.6 Å². The molecule has 0 amide bonds. The second-order valence-corrected chi connectivity index (χ2v) is 68.6. The van der Waals surface area contributed by atoms with Crippen molar-refractivity contribution in [2.24, 2.45) is 0 Å². The summed E-state index contributed by atoms with van der Waals surface area (Å²) in [5.74, 6) is 119. The monoisotopic (exact) mass is 1440 g/mol. The summed E-state index contributed by atoms with van der Waals surface area (Å²) in [5, 5.41) is 3.50. The molecule has 0 rings (SSSR count). The zero-order valence-corrected chi connectivity index (χ0v) is 55.8. The molecular weight excluding hydrogens is 1390 g/mol. The Kier molecular flexibility index (Phi) is 109. The third kappa shape index (κ3) is 82.1. The van der Waals surface area contributed by atoms with Crippen LogP contribution in [0.2, 0.25) is 0 Å². The summed E-state index contributed by atoms with van der Waals surface area (Å²) in [5.41, 5.74) is 0. The Morgan fingerprint density at radius 3 is 0.597 bits per heavy atom. The van der Waals surface area contributed by atoms with Gasteiger partial charge in [0.25, 0.3) is 0 Å². The first-order chi connectivity index (χ1) is 34.1. The van der Waals surface area contributed by atoms with Crippen molar-refractivity contribution in [2.75, 3.05) is 7.11 Å². The molecule has 381 valence electrons. The first-order valence-corrected chi connectivity index (χ1v) is 46.1. The summed E-state index contributed by atoms with van der Waals surface area (Å²) in [6.07, 6.45) is 4.94. The topological polar surface area (TPSA) is 20.2 Å². The number of aliphatic hydroxyl groups is 1. The third-order valence-electron chi connectivity index (χ3n) is 4.17. The minimum atomic E-state index is 0. The fraction of sp³-hybridized carbons (Fsp3) is 0.138. The molecule has 0 bridgehead atoms. The fourth-order valence-electron chi connectivity index (χ4n) is 2.03. The molecule has 0 aliphatic heterocycles. The Labute approximate surface area is 525 Å². The molecule has 0 saturated heterocycles. The summed E-state index contributed by atoms with van der Waals surface area (Å²) in [6, 6.07) is 0. The van der Waals surface area contributed by atoms with Crippen LogP contribution in [0.25, 0.3) is 0 Å². The first-order valence-electron chi connectivity index (χ1n) is 16.9. The molecule has 0 spiro atoms. The van der Waals surface area contributed by atoms with E-state index in [0.29, 0.717) is 0 Å². The quantitative estimate of drug-likeness (QED) is 0.153. The Balaban J connectivity index is -0.000000158. The van der Waals surface area contributed by atoms with Crippen LogP contribution >= 0.6 is 152 Å². The van der Waals surface area contributed by atoms with Gasteiger partial charge >= 0.3 is 0 Å². The minimum Gasteiger partial charge on any atom is -0.400 e. The molecule has 0 saturated carbocycles. The molecule has 0 aromatic heterocycles. The van der Waals surface area contributed by atoms with Gasteiger partial charge < -0.3 is 5.11 Å². The molecule has 0 heterocycles. The second-order valence-electron chi connectivity index (χ2n) is 8.41. The third-order valence-corrected chi connectivity index (χ3v) is 98.2. The summed E-state index contributed by atoms with van der Waals surface area (Å²) in [6.45, 7) is 1.05. The van der Waals surface area contributed by atoms with Crippen molar-refractivity contribution in [3.63, 3.8) is 0 Å². The molecule has 12 unspecified atom stereocenters. The maximum absolute atomic E-state index is 5.71. The van der Waals surface area contributed by atoms with Crippen LogP contribution < -0.4 is 0 Å². The minimum absolute atomic E-state index is 0. The van der Waals surface area contributed by atoms with Gasteiger partial charge in [0.05, 0.1) is 0 Å². The van der Waals surface area contributed by atoms with Crippen molar-refractivity contribution in [2.45, 2.75) is 52.0 Å². The van der Waals surface area contributed by atoms with E-state index >= 15 is 0 Å². The van der Waals surface area contributed by atoms with E-state index in [2.05, 4.69) is 365 Å². The molecule has 12 atom stereocenters. The molecule has 0 aliphatic carbocycles. The second kappa shape index (κ2) is 87.0. The summed E-state index contributed by atoms with van der Waals surface area (Å²) in [4.78, 5) is 0. The molecule has 0 aliphatic rings. The van der Waals surface area contributed by atoms with Gasteiger partial charge in [-0.1, -0.05) is 59.9 Å². The maximum atomic E-state index is 5.71. The molecule has 0 fully saturated rings. The van der Waals surface area contributed by atoms with E-state index < -0.39 is 0 Å². The van der Waals surface area contributed by atoms with E-state index in [1.165, 1.54) is 15.1 Å². The van der Waals surface area contributed by atoms with E-state index in [-0.39, 0.29) is 112 Å². The smallest absolute Gasteiger partial charge is 0.210 e. The molecule has 0 aromatic rings. The average molecular weight is 1440 g/mol. The van der Waals surface area contributed by atoms with Crippen molar-refractivity contribution in [1.29, 1.82) is 1.43 Å². The first kappa shape index (κ1) is 96.4. The van der Waals surface area contributed by atoms with Crippen LogP contribution in [0.15, 0.2) is 0 Å². The molecule has 1 N–H and O–H groups in total. The Hall–Kier alpha value is -2.85. The normalized spacial score (nSPS) is 6.58. The van der Waals surface area contributed by atoms with Crippen LogP contribution in [0.5, 0.6) is 0 Å². The predicted molar refractivity (Wildman–Crippen MR) is 401 cm³/mol. The number of aliphatic hydroxyl groups excluding tert-OH is 1. The molecular formula is C58H51IOP16V. The standard InChI is InChI=1S/C50HI.CH4O.7CH4.H18P16.V/c1-2-3-4-5-6-7-8-9-10-11-12-13-14-15-16-17-18-19-20-21-22-23-24-25-26-27-28-29-30-31-32-33-34-35-36-37-38-39-40-41-42-43-44-45-46-47-48-49-50-51;1-2;;;;;;;;1-9-14(8)16(13(6)7)10-15(11(2)3)12(4)5;/h1H;2H,1H3;7*1H4;9-10H,1-8H2;/i;2D;;;;;;;;;. The van der Waals surface area contributed by atoms with Crippen LogP contribution in [0.3, 0.4) is 0 Å². The molecule has 0 aromatic carbocycles. The Bertz CT molecular complexity index is 3570. The number of halogens is 1. The van der Waals surface area contributed by atoms with Crippen molar-refractivity contribution < 1.29 is 23.7 Å². The van der Waals surface area contributed by atoms with Gasteiger partial charge in [-0.2, -0.15) is 0 Å². The zero-order valence-electron chi connectivity index (χ0n) is 36.6. The van der Waals surface area contributed by atoms with Crippen LogP contribution in [0.4, 0.5) is 0 Å². The van der Waals surface area contributed by atoms with Crippen molar-refractivity contribution in [1.82, 2.24) is 0 Å². The van der Waals surface area contributed by atoms with Gasteiger partial charge in [0.15, 0.2) is 0 Å². The van der Waals surface area contributed by atoms with Gasteiger partial charge in [0, 0.05) is 238 Å². The van der Waals surface area contributed by atoms with E-state index in [4.69, 9.17) is 7.85 Å². The van der Waals surface area contributed by atoms with Crippen molar-refractivity contribution in [3.8, 4) is 295 Å². The zero-order chi connectivity index (χ0) is 52.2. The SMILES string of the molecule is C.C.C.C.C.C.C.C#CC#CC#CC#CC#CC#CC#CC#CC#CC#CC#CC#CC#CC#CC#CC#CC#CC#CC#CC#CC#CC#CC#CC#CC#CI.PPP(P)P(PP(P(P)P)P(P)P)P(P)P.[2H]OC.[V]. The predicted octanol–water partition coefficient (Wildman–Crippen LogP) is 14.1. The molecule has 1 nitrogen and oxygen atoms in total. The van der Waals surface area contributed by atoms with Gasteiger partial charge in [0.1, 0.15) is 0 Å². The fourth-order valence-corrected chi connectivity index (χ4v) is 140. The Morgan fingerprint density at radius 1 is 0.338 bits per heavy atom. The number of hydrogen-bond donors (Lipinski definition) is 1. The van der Waals surface area contributed by atoms with E-state index in [9.17, 15) is 0 Å². The van der Waals surface area contributed by atoms with Crippen LogP contribution in [-0.2, 0) is 18.6 Å². The number of hydrogen-bond acceptors (Lipinski definition) is 1. The van der Waals surface area contributed by atoms with Gasteiger partial charge in [-0.25, -0.2) is 0 Å². The maximum Gasteiger partial charge on any atom is 0.210 e. The largest absolute Gasteiger partial charge is 0.400 e. The van der Waals surface area contributed by atoms with Crippen LogP contribution in [0, 0.1) is 295 Å². The van der Waals surface area contributed by atoms with Gasteiger partial charge in [-0.3, -0.25) is 0 Å². The van der Waals surface area contributed by atoms with Crippen molar-refractivity contribution >= 4 is 152 Å². The average Bonchev–Trinajstić information content (AvgIpc) is 3.34. The van der Waals surface area contributed by atoms with Gasteiger partial charge in [-0.15, -0.1) is 77.9 Å². The summed E-state index contributed by atoms with van der Waals surface area (Å²) < 4.78 is 8.30. The van der Waals surface area contributed by atoms with E-state index in [1.54, 1.807) is 0 Å². The number of terminal acetylenes is 1. The van der Waals surface area contributed by atoms with Crippen molar-refractivity contribution in [3.05, 3.63) is 0 Å². The molecule has 19 heteroatoms.